The first-order valence-electron chi connectivity index (χ1n) is 4.95. The van der Waals surface area contributed by atoms with Crippen LogP contribution >= 0.6 is 0 Å². The average Bonchev–Trinajstić information content (AvgIpc) is 2.41. The highest BCUT2D eigenvalue weighted by Gasteiger charge is 2.37. The number of rotatable bonds is 0. The van der Waals surface area contributed by atoms with Gasteiger partial charge in [0.15, 0.2) is 0 Å². The first-order chi connectivity index (χ1) is 6.34. The van der Waals surface area contributed by atoms with Crippen molar-refractivity contribution in [3.05, 3.63) is 35.4 Å². The molecule has 0 heterocycles. The van der Waals surface area contributed by atoms with E-state index in [1.54, 1.807) is 0 Å². The third kappa shape index (κ3) is 0.963. The molecule has 0 saturated heterocycles. The quantitative estimate of drug-likeness (QED) is 0.588. The Kier molecular flexibility index (Phi) is 1.37. The predicted molar refractivity (Wildman–Crippen MR) is 50.8 cm³/mol. The molecule has 1 saturated carbocycles. The van der Waals surface area contributed by atoms with Crippen molar-refractivity contribution in [1.82, 2.24) is 0 Å². The molecule has 13 heavy (non-hydrogen) atoms. The Morgan fingerprint density at radius 2 is 1.54 bits per heavy atom. The van der Waals surface area contributed by atoms with Gasteiger partial charge < -0.3 is 0 Å². The first-order valence-corrected chi connectivity index (χ1v) is 4.95. The lowest BCUT2D eigenvalue weighted by molar-refractivity contribution is -0.120. The summed E-state index contributed by atoms with van der Waals surface area (Å²) in [5.74, 6) is 1.54. The van der Waals surface area contributed by atoms with Crippen molar-refractivity contribution in [2.24, 2.45) is 0 Å². The Morgan fingerprint density at radius 3 is 2.08 bits per heavy atom. The molecule has 0 aliphatic heterocycles. The number of carbonyl (C=O) groups is 1. The van der Waals surface area contributed by atoms with Gasteiger partial charge in [0, 0.05) is 12.8 Å². The van der Waals surface area contributed by atoms with Crippen LogP contribution in [0.5, 0.6) is 0 Å². The Morgan fingerprint density at radius 1 is 1.00 bits per heavy atom. The monoisotopic (exact) mass is 172 g/mol. The summed E-state index contributed by atoms with van der Waals surface area (Å²) in [6, 6.07) is 8.56. The minimum absolute atomic E-state index is 0.456. The number of carbonyl (C=O) groups excluding carboxylic acids is 1. The van der Waals surface area contributed by atoms with Crippen LogP contribution in [0.2, 0.25) is 0 Å². The fourth-order valence-electron chi connectivity index (χ4n) is 2.87. The summed E-state index contributed by atoms with van der Waals surface area (Å²) < 4.78 is 0. The van der Waals surface area contributed by atoms with Gasteiger partial charge >= 0.3 is 0 Å². The highest BCUT2D eigenvalue weighted by atomic mass is 16.1. The largest absolute Gasteiger partial charge is 0.300 e. The Hall–Kier alpha value is -1.11. The van der Waals surface area contributed by atoms with E-state index in [4.69, 9.17) is 0 Å². The Labute approximate surface area is 77.8 Å². The van der Waals surface area contributed by atoms with Crippen LogP contribution in [-0.4, -0.2) is 5.78 Å². The maximum atomic E-state index is 11.4. The molecule has 0 amide bonds. The van der Waals surface area contributed by atoms with Crippen molar-refractivity contribution in [1.29, 1.82) is 0 Å². The smallest absolute Gasteiger partial charge is 0.134 e. The van der Waals surface area contributed by atoms with Gasteiger partial charge in [0.05, 0.1) is 0 Å². The molecule has 0 N–H and O–H groups in total. The predicted octanol–water partition coefficient (Wildman–Crippen LogP) is 2.62. The van der Waals surface area contributed by atoms with Crippen molar-refractivity contribution in [2.45, 2.75) is 31.1 Å². The second-order valence-corrected chi connectivity index (χ2v) is 4.21. The summed E-state index contributed by atoms with van der Waals surface area (Å²) in [5.41, 5.74) is 2.89. The summed E-state index contributed by atoms with van der Waals surface area (Å²) in [7, 11) is 0. The number of hydrogen-bond acceptors (Lipinski definition) is 1. The number of Topliss-reactive ketones (excluding diaryl/α,β-unsaturated/α-hetero) is 1. The number of hydrogen-bond donors (Lipinski definition) is 0. The standard InChI is InChI=1S/C12H12O/c13-10-6-8-5-9(7-10)12-4-2-1-3-11(8)12/h1-4,8-9H,5-7H2. The van der Waals surface area contributed by atoms with Crippen LogP contribution < -0.4 is 0 Å². The van der Waals surface area contributed by atoms with Gasteiger partial charge in [-0.25, -0.2) is 0 Å². The van der Waals surface area contributed by atoms with Gasteiger partial charge in [-0.3, -0.25) is 4.79 Å². The molecular formula is C12H12O. The number of ketones is 1. The van der Waals surface area contributed by atoms with Crippen LogP contribution in [0, 0.1) is 0 Å². The molecule has 2 aliphatic carbocycles. The summed E-state index contributed by atoms with van der Waals surface area (Å²) in [6.45, 7) is 0. The van der Waals surface area contributed by atoms with Gasteiger partial charge in [-0.05, 0) is 29.4 Å². The van der Waals surface area contributed by atoms with E-state index in [1.807, 2.05) is 0 Å². The van der Waals surface area contributed by atoms with E-state index in [9.17, 15) is 4.79 Å². The molecule has 1 heteroatoms. The average molecular weight is 172 g/mol. The van der Waals surface area contributed by atoms with E-state index >= 15 is 0 Å². The second kappa shape index (κ2) is 2.44. The van der Waals surface area contributed by atoms with Crippen molar-refractivity contribution >= 4 is 5.78 Å². The summed E-state index contributed by atoms with van der Waals surface area (Å²) in [6.07, 6.45) is 2.78. The fraction of sp³-hybridized carbons (Fsp3) is 0.417. The number of fused-ring (bicyclic) bond motifs is 5. The minimum atomic E-state index is 0.456. The minimum Gasteiger partial charge on any atom is -0.300 e. The normalized spacial score (nSPS) is 30.3. The molecule has 0 spiro atoms. The lowest BCUT2D eigenvalue weighted by atomic mass is 9.86. The molecule has 2 aliphatic rings. The van der Waals surface area contributed by atoms with Gasteiger partial charge in [-0.1, -0.05) is 24.3 Å². The maximum Gasteiger partial charge on any atom is 0.134 e. The second-order valence-electron chi connectivity index (χ2n) is 4.21. The van der Waals surface area contributed by atoms with Gasteiger partial charge in [-0.15, -0.1) is 0 Å². The van der Waals surface area contributed by atoms with Crippen LogP contribution in [0.1, 0.15) is 42.2 Å². The van der Waals surface area contributed by atoms with Crippen LogP contribution in [0.3, 0.4) is 0 Å². The van der Waals surface area contributed by atoms with E-state index < -0.39 is 0 Å². The Bertz CT molecular complexity index is 334. The molecule has 1 nitrogen and oxygen atoms in total. The van der Waals surface area contributed by atoms with Gasteiger partial charge in [0.2, 0.25) is 0 Å². The first kappa shape index (κ1) is 7.31. The highest BCUT2D eigenvalue weighted by molar-refractivity contribution is 5.82. The van der Waals surface area contributed by atoms with Crippen LogP contribution in [0.25, 0.3) is 0 Å². The zero-order valence-electron chi connectivity index (χ0n) is 7.49. The summed E-state index contributed by atoms with van der Waals surface area (Å²) >= 11 is 0. The van der Waals surface area contributed by atoms with E-state index in [1.165, 1.54) is 17.5 Å². The molecule has 1 aromatic rings. The molecule has 1 aromatic carbocycles. The van der Waals surface area contributed by atoms with Gasteiger partial charge in [-0.2, -0.15) is 0 Å². The molecule has 3 rings (SSSR count). The fourth-order valence-corrected chi connectivity index (χ4v) is 2.87. The van der Waals surface area contributed by atoms with Gasteiger partial charge in [0.25, 0.3) is 0 Å². The lowest BCUT2D eigenvalue weighted by Crippen LogP contribution is -2.12. The van der Waals surface area contributed by atoms with Crippen LogP contribution in [0.4, 0.5) is 0 Å². The zero-order valence-corrected chi connectivity index (χ0v) is 7.49. The third-order valence-corrected chi connectivity index (χ3v) is 3.39. The molecule has 0 aromatic heterocycles. The van der Waals surface area contributed by atoms with Crippen molar-refractivity contribution in [3.8, 4) is 0 Å². The van der Waals surface area contributed by atoms with E-state index in [0.717, 1.165) is 12.8 Å². The van der Waals surface area contributed by atoms with Gasteiger partial charge in [0.1, 0.15) is 5.78 Å². The maximum absolute atomic E-state index is 11.4. The highest BCUT2D eigenvalue weighted by Crippen LogP contribution is 2.48. The van der Waals surface area contributed by atoms with Crippen molar-refractivity contribution in [3.63, 3.8) is 0 Å². The summed E-state index contributed by atoms with van der Waals surface area (Å²) in [4.78, 5) is 11.4. The third-order valence-electron chi connectivity index (χ3n) is 3.39. The summed E-state index contributed by atoms with van der Waals surface area (Å²) in [5, 5.41) is 0. The lowest BCUT2D eigenvalue weighted by Gasteiger charge is -2.17. The molecule has 2 unspecified atom stereocenters. The van der Waals surface area contributed by atoms with Crippen molar-refractivity contribution < 1.29 is 4.79 Å². The van der Waals surface area contributed by atoms with Crippen LogP contribution in [0.15, 0.2) is 24.3 Å². The van der Waals surface area contributed by atoms with Crippen molar-refractivity contribution in [2.75, 3.05) is 0 Å². The Balaban J connectivity index is 2.14. The SMILES string of the molecule is O=C1CC2CC(C1)c1ccccc12. The van der Waals surface area contributed by atoms with E-state index in [-0.39, 0.29) is 0 Å². The van der Waals surface area contributed by atoms with E-state index in [0.29, 0.717) is 17.6 Å². The van der Waals surface area contributed by atoms with E-state index in [2.05, 4.69) is 24.3 Å². The molecule has 66 valence electrons. The molecule has 0 radical (unpaired) electrons. The topological polar surface area (TPSA) is 17.1 Å². The molecule has 2 bridgehead atoms. The molecule has 2 atom stereocenters. The van der Waals surface area contributed by atoms with Crippen LogP contribution in [-0.2, 0) is 4.79 Å². The molecule has 1 fully saturated rings. The number of benzene rings is 1. The molecular weight excluding hydrogens is 160 g/mol. The zero-order chi connectivity index (χ0) is 8.84.